The molecule has 0 spiro atoms. The molecule has 0 saturated heterocycles. The van der Waals surface area contributed by atoms with E-state index in [1.54, 1.807) is 18.3 Å². The summed E-state index contributed by atoms with van der Waals surface area (Å²) in [5.41, 5.74) is 1.07. The predicted octanol–water partition coefficient (Wildman–Crippen LogP) is 1.92. The summed E-state index contributed by atoms with van der Waals surface area (Å²) in [6, 6.07) is 1.99. The molecule has 60 valence electrons. The third-order valence-electron chi connectivity index (χ3n) is 1.42. The molecule has 11 heavy (non-hydrogen) atoms. The number of Topliss-reactive ketones (excluding diaryl/α,β-unsaturated/α-hetero) is 1. The fourth-order valence-electron chi connectivity index (χ4n) is 0.926. The van der Waals surface area contributed by atoms with E-state index in [1.165, 1.54) is 0 Å². The van der Waals surface area contributed by atoms with E-state index in [4.69, 9.17) is 0 Å². The third-order valence-corrected chi connectivity index (χ3v) is 2.35. The molecule has 1 aromatic rings. The molecule has 1 N–H and O–H groups in total. The molecule has 0 radical (unpaired) electrons. The van der Waals surface area contributed by atoms with Crippen molar-refractivity contribution >= 4 is 22.8 Å². The van der Waals surface area contributed by atoms with Crippen molar-refractivity contribution in [2.24, 2.45) is 0 Å². The molecule has 0 saturated carbocycles. The Hall–Kier alpha value is -0.830. The van der Waals surface area contributed by atoms with Crippen LogP contribution in [0.5, 0.6) is 0 Å². The van der Waals surface area contributed by atoms with Gasteiger partial charge in [-0.3, -0.25) is 4.79 Å². The molecule has 0 unspecified atom stereocenters. The number of thiophene rings is 1. The monoisotopic (exact) mass is 169 g/mol. The minimum atomic E-state index is 0.212. The quantitative estimate of drug-likeness (QED) is 0.749. The number of anilines is 1. The number of nitrogens with one attached hydrogen (secondary N) is 1. The van der Waals surface area contributed by atoms with E-state index < -0.39 is 0 Å². The summed E-state index contributed by atoms with van der Waals surface area (Å²) in [6.07, 6.45) is 0.549. The number of hydrogen-bond donors (Lipinski definition) is 1. The fraction of sp³-hybridized carbons (Fsp3) is 0.375. The Bertz CT molecular complexity index is 254. The first-order chi connectivity index (χ1) is 5.24. The zero-order valence-corrected chi connectivity index (χ0v) is 7.49. The van der Waals surface area contributed by atoms with Gasteiger partial charge in [-0.05, 0) is 18.4 Å². The van der Waals surface area contributed by atoms with Crippen LogP contribution in [0.15, 0.2) is 11.4 Å². The Morgan fingerprint density at radius 3 is 3.00 bits per heavy atom. The maximum Gasteiger partial charge on any atom is 0.135 e. The molecule has 3 heteroatoms. The van der Waals surface area contributed by atoms with Gasteiger partial charge in [-0.25, -0.2) is 0 Å². The van der Waals surface area contributed by atoms with Gasteiger partial charge in [0, 0.05) is 24.0 Å². The highest BCUT2D eigenvalue weighted by Gasteiger charge is 2.03. The van der Waals surface area contributed by atoms with Gasteiger partial charge in [0.05, 0.1) is 0 Å². The second kappa shape index (κ2) is 3.53. The smallest absolute Gasteiger partial charge is 0.135 e. The Labute approximate surface area is 70.2 Å². The van der Waals surface area contributed by atoms with Crippen LogP contribution in [0, 0.1) is 0 Å². The molecular weight excluding hydrogens is 158 g/mol. The SMILES string of the molecule is CNc1ccsc1CC(C)=O. The molecule has 0 atom stereocenters. The summed E-state index contributed by atoms with van der Waals surface area (Å²) >= 11 is 1.62. The van der Waals surface area contributed by atoms with Gasteiger partial charge in [-0.15, -0.1) is 11.3 Å². The molecule has 0 aromatic carbocycles. The van der Waals surface area contributed by atoms with Crippen LogP contribution in [0.4, 0.5) is 5.69 Å². The largest absolute Gasteiger partial charge is 0.387 e. The number of carbonyl (C=O) groups excluding carboxylic acids is 1. The van der Waals surface area contributed by atoms with E-state index in [0.29, 0.717) is 6.42 Å². The van der Waals surface area contributed by atoms with E-state index >= 15 is 0 Å². The third kappa shape index (κ3) is 2.05. The van der Waals surface area contributed by atoms with Crippen molar-refractivity contribution < 1.29 is 4.79 Å². The van der Waals surface area contributed by atoms with Gasteiger partial charge in [-0.2, -0.15) is 0 Å². The maximum atomic E-state index is 10.8. The first-order valence-electron chi connectivity index (χ1n) is 3.47. The van der Waals surface area contributed by atoms with E-state index in [1.807, 2.05) is 18.5 Å². The summed E-state index contributed by atoms with van der Waals surface area (Å²) in [4.78, 5) is 11.9. The van der Waals surface area contributed by atoms with Crippen LogP contribution in [0.3, 0.4) is 0 Å². The lowest BCUT2D eigenvalue weighted by atomic mass is 10.2. The van der Waals surface area contributed by atoms with Crippen LogP contribution in [-0.2, 0) is 11.2 Å². The lowest BCUT2D eigenvalue weighted by molar-refractivity contribution is -0.116. The van der Waals surface area contributed by atoms with Gasteiger partial charge in [0.25, 0.3) is 0 Å². The Morgan fingerprint density at radius 1 is 1.73 bits per heavy atom. The van der Waals surface area contributed by atoms with Gasteiger partial charge in [-0.1, -0.05) is 0 Å². The van der Waals surface area contributed by atoms with Crippen LogP contribution >= 0.6 is 11.3 Å². The summed E-state index contributed by atoms with van der Waals surface area (Å²) in [5, 5.41) is 5.03. The normalized spacial score (nSPS) is 9.64. The van der Waals surface area contributed by atoms with Gasteiger partial charge in [0.15, 0.2) is 0 Å². The molecule has 0 amide bonds. The van der Waals surface area contributed by atoms with Gasteiger partial charge >= 0.3 is 0 Å². The fourth-order valence-corrected chi connectivity index (χ4v) is 1.88. The highest BCUT2D eigenvalue weighted by Crippen LogP contribution is 2.21. The Kier molecular flexibility index (Phi) is 2.65. The Balaban J connectivity index is 2.76. The molecule has 0 fully saturated rings. The summed E-state index contributed by atoms with van der Waals surface area (Å²) < 4.78 is 0. The molecule has 0 aliphatic rings. The summed E-state index contributed by atoms with van der Waals surface area (Å²) in [6.45, 7) is 1.61. The molecule has 0 aliphatic heterocycles. The molecule has 0 bridgehead atoms. The van der Waals surface area contributed by atoms with E-state index in [9.17, 15) is 4.79 Å². The maximum absolute atomic E-state index is 10.8. The van der Waals surface area contributed by atoms with Crippen LogP contribution in [0.25, 0.3) is 0 Å². The standard InChI is InChI=1S/C8H11NOS/c1-6(10)5-8-7(9-2)3-4-11-8/h3-4,9H,5H2,1-2H3. The highest BCUT2D eigenvalue weighted by molar-refractivity contribution is 7.10. The van der Waals surface area contributed by atoms with Crippen molar-refractivity contribution in [3.8, 4) is 0 Å². The minimum absolute atomic E-state index is 0.212. The van der Waals surface area contributed by atoms with Crippen molar-refractivity contribution in [1.82, 2.24) is 0 Å². The van der Waals surface area contributed by atoms with Gasteiger partial charge in [0.2, 0.25) is 0 Å². The Morgan fingerprint density at radius 2 is 2.45 bits per heavy atom. The molecular formula is C8H11NOS. The zero-order valence-electron chi connectivity index (χ0n) is 6.68. The molecule has 1 heterocycles. The van der Waals surface area contributed by atoms with E-state index in [-0.39, 0.29) is 5.78 Å². The minimum Gasteiger partial charge on any atom is -0.387 e. The lowest BCUT2D eigenvalue weighted by Gasteiger charge is -1.98. The second-order valence-electron chi connectivity index (χ2n) is 2.39. The van der Waals surface area contributed by atoms with E-state index in [0.717, 1.165) is 10.6 Å². The average molecular weight is 169 g/mol. The van der Waals surface area contributed by atoms with Gasteiger partial charge in [0.1, 0.15) is 5.78 Å². The van der Waals surface area contributed by atoms with Gasteiger partial charge < -0.3 is 5.32 Å². The lowest BCUT2D eigenvalue weighted by Crippen LogP contribution is -1.97. The number of carbonyl (C=O) groups is 1. The van der Waals surface area contributed by atoms with Crippen LogP contribution in [-0.4, -0.2) is 12.8 Å². The molecule has 2 nitrogen and oxygen atoms in total. The van der Waals surface area contributed by atoms with Crippen molar-refractivity contribution in [1.29, 1.82) is 0 Å². The van der Waals surface area contributed by atoms with Crippen molar-refractivity contribution in [3.05, 3.63) is 16.3 Å². The predicted molar refractivity (Wildman–Crippen MR) is 48.3 cm³/mol. The average Bonchev–Trinajstić information content (AvgIpc) is 2.34. The molecule has 0 aliphatic carbocycles. The number of hydrogen-bond acceptors (Lipinski definition) is 3. The first kappa shape index (κ1) is 8.27. The van der Waals surface area contributed by atoms with Crippen molar-refractivity contribution in [2.45, 2.75) is 13.3 Å². The second-order valence-corrected chi connectivity index (χ2v) is 3.39. The molecule has 1 aromatic heterocycles. The van der Waals surface area contributed by atoms with Crippen LogP contribution in [0.2, 0.25) is 0 Å². The summed E-state index contributed by atoms with van der Waals surface area (Å²) in [7, 11) is 1.87. The number of rotatable bonds is 3. The first-order valence-corrected chi connectivity index (χ1v) is 4.35. The van der Waals surface area contributed by atoms with E-state index in [2.05, 4.69) is 5.32 Å². The summed E-state index contributed by atoms with van der Waals surface area (Å²) in [5.74, 6) is 0.212. The highest BCUT2D eigenvalue weighted by atomic mass is 32.1. The topological polar surface area (TPSA) is 29.1 Å². The molecule has 1 rings (SSSR count). The number of ketones is 1. The van der Waals surface area contributed by atoms with Crippen LogP contribution < -0.4 is 5.32 Å². The zero-order chi connectivity index (χ0) is 8.27. The van der Waals surface area contributed by atoms with Crippen molar-refractivity contribution in [2.75, 3.05) is 12.4 Å². The van der Waals surface area contributed by atoms with Crippen molar-refractivity contribution in [3.63, 3.8) is 0 Å². The van der Waals surface area contributed by atoms with Crippen LogP contribution in [0.1, 0.15) is 11.8 Å².